The second-order valence-corrected chi connectivity index (χ2v) is 6.04. The van der Waals surface area contributed by atoms with E-state index in [0.29, 0.717) is 5.69 Å². The van der Waals surface area contributed by atoms with Crippen molar-refractivity contribution >= 4 is 33.5 Å². The average molecular weight is 355 g/mol. The SMILES string of the molecule is O=C(CC(C(=O)O)N1CCCCC1)Nc1ccccc1Br. The maximum Gasteiger partial charge on any atom is 0.321 e. The van der Waals surface area contributed by atoms with Crippen molar-refractivity contribution in [1.82, 2.24) is 4.90 Å². The van der Waals surface area contributed by atoms with Gasteiger partial charge in [0.25, 0.3) is 0 Å². The van der Waals surface area contributed by atoms with Crippen LogP contribution >= 0.6 is 15.9 Å². The minimum absolute atomic E-state index is 0.0311. The lowest BCUT2D eigenvalue weighted by molar-refractivity contribution is -0.145. The Bertz CT molecular complexity index is 515. The second-order valence-electron chi connectivity index (χ2n) is 5.18. The molecule has 1 heterocycles. The average Bonchev–Trinajstić information content (AvgIpc) is 2.48. The number of rotatable bonds is 5. The normalized spacial score (nSPS) is 17.2. The highest BCUT2D eigenvalue weighted by molar-refractivity contribution is 9.10. The summed E-state index contributed by atoms with van der Waals surface area (Å²) in [5, 5.41) is 12.1. The summed E-state index contributed by atoms with van der Waals surface area (Å²) in [5.41, 5.74) is 0.658. The van der Waals surface area contributed by atoms with Crippen molar-refractivity contribution in [3.63, 3.8) is 0 Å². The van der Waals surface area contributed by atoms with E-state index in [2.05, 4.69) is 21.2 Å². The topological polar surface area (TPSA) is 69.6 Å². The van der Waals surface area contributed by atoms with Crippen LogP contribution < -0.4 is 5.32 Å². The molecule has 1 atom stereocenters. The lowest BCUT2D eigenvalue weighted by atomic mass is 10.1. The Morgan fingerprint density at radius 2 is 1.90 bits per heavy atom. The number of carboxylic acid groups (broad SMARTS) is 1. The van der Waals surface area contributed by atoms with Gasteiger partial charge in [-0.15, -0.1) is 0 Å². The molecule has 0 radical (unpaired) electrons. The number of nitrogens with one attached hydrogen (secondary N) is 1. The molecule has 1 saturated heterocycles. The molecule has 0 saturated carbocycles. The lowest BCUT2D eigenvalue weighted by Gasteiger charge is -2.31. The van der Waals surface area contributed by atoms with Gasteiger partial charge in [-0.3, -0.25) is 14.5 Å². The first-order valence-corrected chi connectivity index (χ1v) is 7.88. The van der Waals surface area contributed by atoms with Crippen LogP contribution in [0.15, 0.2) is 28.7 Å². The fourth-order valence-electron chi connectivity index (χ4n) is 2.54. The van der Waals surface area contributed by atoms with Crippen LogP contribution in [0.5, 0.6) is 0 Å². The van der Waals surface area contributed by atoms with Crippen LogP contribution in [0, 0.1) is 0 Å². The highest BCUT2D eigenvalue weighted by atomic mass is 79.9. The summed E-state index contributed by atoms with van der Waals surface area (Å²) < 4.78 is 0.781. The smallest absolute Gasteiger partial charge is 0.321 e. The number of amides is 1. The zero-order valence-corrected chi connectivity index (χ0v) is 13.3. The van der Waals surface area contributed by atoms with Crippen LogP contribution in [0.4, 0.5) is 5.69 Å². The molecule has 2 N–H and O–H groups in total. The number of carbonyl (C=O) groups excluding carboxylic acids is 1. The molecule has 1 amide bonds. The highest BCUT2D eigenvalue weighted by Gasteiger charge is 2.29. The molecule has 0 spiro atoms. The molecule has 2 rings (SSSR count). The number of piperidine rings is 1. The number of benzene rings is 1. The van der Waals surface area contributed by atoms with Gasteiger partial charge in [-0.1, -0.05) is 18.6 Å². The van der Waals surface area contributed by atoms with Crippen molar-refractivity contribution in [2.75, 3.05) is 18.4 Å². The van der Waals surface area contributed by atoms with Crippen molar-refractivity contribution in [2.24, 2.45) is 0 Å². The van der Waals surface area contributed by atoms with Gasteiger partial charge in [0.15, 0.2) is 0 Å². The van der Waals surface area contributed by atoms with E-state index in [1.807, 2.05) is 23.1 Å². The zero-order chi connectivity index (χ0) is 15.2. The molecule has 6 heteroatoms. The first kappa shape index (κ1) is 16.0. The Morgan fingerprint density at radius 1 is 1.24 bits per heavy atom. The fourth-order valence-corrected chi connectivity index (χ4v) is 2.93. The van der Waals surface area contributed by atoms with Crippen LogP contribution in [0.2, 0.25) is 0 Å². The van der Waals surface area contributed by atoms with Crippen LogP contribution in [0.1, 0.15) is 25.7 Å². The summed E-state index contributed by atoms with van der Waals surface area (Å²) in [5.74, 6) is -1.21. The van der Waals surface area contributed by atoms with Crippen molar-refractivity contribution < 1.29 is 14.7 Å². The number of hydrogen-bond acceptors (Lipinski definition) is 3. The summed E-state index contributed by atoms with van der Waals surface area (Å²) in [6, 6.07) is 6.54. The molecule has 1 aromatic rings. The third-order valence-corrected chi connectivity index (χ3v) is 4.33. The second kappa shape index (κ2) is 7.56. The molecular weight excluding hydrogens is 336 g/mol. The first-order valence-electron chi connectivity index (χ1n) is 7.09. The Kier molecular flexibility index (Phi) is 5.76. The minimum atomic E-state index is -0.931. The maximum atomic E-state index is 12.1. The summed E-state index contributed by atoms with van der Waals surface area (Å²) in [4.78, 5) is 25.4. The van der Waals surface area contributed by atoms with E-state index in [-0.39, 0.29) is 12.3 Å². The number of hydrogen-bond donors (Lipinski definition) is 2. The number of aliphatic carboxylic acids is 1. The van der Waals surface area contributed by atoms with E-state index in [1.165, 1.54) is 0 Å². The Morgan fingerprint density at radius 3 is 2.52 bits per heavy atom. The molecule has 1 aromatic carbocycles. The molecular formula is C15H19BrN2O3. The molecule has 1 aliphatic heterocycles. The molecule has 114 valence electrons. The van der Waals surface area contributed by atoms with Crippen LogP contribution in [0.3, 0.4) is 0 Å². The quantitative estimate of drug-likeness (QED) is 0.852. The number of para-hydroxylation sites is 1. The van der Waals surface area contributed by atoms with Crippen molar-refractivity contribution in [2.45, 2.75) is 31.7 Å². The Labute approximate surface area is 132 Å². The lowest BCUT2D eigenvalue weighted by Crippen LogP contribution is -2.45. The van der Waals surface area contributed by atoms with Crippen molar-refractivity contribution in [1.29, 1.82) is 0 Å². The van der Waals surface area contributed by atoms with Crippen LogP contribution in [-0.4, -0.2) is 41.0 Å². The highest BCUT2D eigenvalue weighted by Crippen LogP contribution is 2.22. The van der Waals surface area contributed by atoms with Crippen LogP contribution in [-0.2, 0) is 9.59 Å². The van der Waals surface area contributed by atoms with Gasteiger partial charge >= 0.3 is 5.97 Å². The van der Waals surface area contributed by atoms with Gasteiger partial charge < -0.3 is 10.4 Å². The predicted molar refractivity (Wildman–Crippen MR) is 84.2 cm³/mol. The number of anilines is 1. The number of carboxylic acids is 1. The number of nitrogens with zero attached hydrogens (tertiary/aromatic N) is 1. The predicted octanol–water partition coefficient (Wildman–Crippen LogP) is 2.72. The molecule has 1 unspecified atom stereocenters. The minimum Gasteiger partial charge on any atom is -0.480 e. The van der Waals surface area contributed by atoms with E-state index < -0.39 is 12.0 Å². The summed E-state index contributed by atoms with van der Waals surface area (Å²) in [6.45, 7) is 1.50. The number of halogens is 1. The Balaban J connectivity index is 1.98. The van der Waals surface area contributed by atoms with Crippen LogP contribution in [0.25, 0.3) is 0 Å². The standard InChI is InChI=1S/C15H19BrN2O3/c16-11-6-2-3-7-12(11)17-14(19)10-13(15(20)21)18-8-4-1-5-9-18/h2-3,6-7,13H,1,4-5,8-10H2,(H,17,19)(H,20,21). The van der Waals surface area contributed by atoms with Crippen molar-refractivity contribution in [3.8, 4) is 0 Å². The molecule has 5 nitrogen and oxygen atoms in total. The van der Waals surface area contributed by atoms with E-state index in [1.54, 1.807) is 6.07 Å². The molecule has 1 aliphatic rings. The van der Waals surface area contributed by atoms with Gasteiger partial charge in [0.2, 0.25) is 5.91 Å². The molecule has 0 aliphatic carbocycles. The summed E-state index contributed by atoms with van der Waals surface area (Å²) in [6.07, 6.45) is 3.09. The van der Waals surface area contributed by atoms with E-state index >= 15 is 0 Å². The van der Waals surface area contributed by atoms with Crippen molar-refractivity contribution in [3.05, 3.63) is 28.7 Å². The number of carbonyl (C=O) groups is 2. The molecule has 21 heavy (non-hydrogen) atoms. The van der Waals surface area contributed by atoms with Gasteiger partial charge in [0, 0.05) is 4.47 Å². The van der Waals surface area contributed by atoms with Gasteiger partial charge in [-0.25, -0.2) is 0 Å². The monoisotopic (exact) mass is 354 g/mol. The third kappa shape index (κ3) is 4.54. The molecule has 1 fully saturated rings. The van der Waals surface area contributed by atoms with E-state index in [9.17, 15) is 14.7 Å². The largest absolute Gasteiger partial charge is 0.480 e. The Hall–Kier alpha value is -1.40. The number of likely N-dealkylation sites (tertiary alicyclic amines) is 1. The first-order chi connectivity index (χ1) is 10.1. The van der Waals surface area contributed by atoms with Gasteiger partial charge in [-0.2, -0.15) is 0 Å². The third-order valence-electron chi connectivity index (χ3n) is 3.64. The van der Waals surface area contributed by atoms with Gasteiger partial charge in [0.05, 0.1) is 12.1 Å². The van der Waals surface area contributed by atoms with Gasteiger partial charge in [0.1, 0.15) is 6.04 Å². The molecule has 0 bridgehead atoms. The maximum absolute atomic E-state index is 12.1. The summed E-state index contributed by atoms with van der Waals surface area (Å²) in [7, 11) is 0. The summed E-state index contributed by atoms with van der Waals surface area (Å²) >= 11 is 3.36. The zero-order valence-electron chi connectivity index (χ0n) is 11.7. The molecule has 0 aromatic heterocycles. The fraction of sp³-hybridized carbons (Fsp3) is 0.467. The van der Waals surface area contributed by atoms with E-state index in [4.69, 9.17) is 0 Å². The van der Waals surface area contributed by atoms with E-state index in [0.717, 1.165) is 36.8 Å². The van der Waals surface area contributed by atoms with Gasteiger partial charge in [-0.05, 0) is 54.0 Å².